The second kappa shape index (κ2) is 7.36. The van der Waals surface area contributed by atoms with Gasteiger partial charge in [-0.2, -0.15) is 0 Å². The Balaban J connectivity index is 0.00000256. The van der Waals surface area contributed by atoms with Gasteiger partial charge in [0.2, 0.25) is 0 Å². The van der Waals surface area contributed by atoms with Gasteiger partial charge < -0.3 is 10.0 Å². The zero-order chi connectivity index (χ0) is 12.1. The number of hydrogen-bond donors (Lipinski definition) is 1. The number of phenolic OH excluding ortho intramolecular Hbond substituents is 1. The zero-order valence-electron chi connectivity index (χ0n) is 11.0. The minimum Gasteiger partial charge on any atom is -0.508 e. The molecule has 17 heavy (non-hydrogen) atoms. The molecule has 1 N–H and O–H groups in total. The Labute approximate surface area is 110 Å². The average molecular weight is 256 g/mol. The lowest BCUT2D eigenvalue weighted by Crippen LogP contribution is -2.20. The predicted octanol–water partition coefficient (Wildman–Crippen LogP) is 3.42. The molecular formula is C14H22ClNO. The zero-order valence-corrected chi connectivity index (χ0v) is 11.8. The number of phenols is 1. The third-order valence-corrected chi connectivity index (χ3v) is 2.66. The molecule has 1 aromatic rings. The maximum absolute atomic E-state index is 9.48. The van der Waals surface area contributed by atoms with Crippen LogP contribution in [0, 0.1) is 5.92 Å². The van der Waals surface area contributed by atoms with E-state index < -0.39 is 0 Å². The first-order valence-electron chi connectivity index (χ1n) is 5.65. The molecule has 0 aliphatic heterocycles. The van der Waals surface area contributed by atoms with Crippen LogP contribution >= 0.6 is 12.4 Å². The fourth-order valence-electron chi connectivity index (χ4n) is 2.07. The third-order valence-electron chi connectivity index (χ3n) is 2.66. The van der Waals surface area contributed by atoms with Gasteiger partial charge in [0.15, 0.2) is 0 Å². The topological polar surface area (TPSA) is 23.5 Å². The predicted molar refractivity (Wildman–Crippen MR) is 76.7 cm³/mol. The molecule has 0 spiro atoms. The Morgan fingerprint density at radius 2 is 2.06 bits per heavy atom. The first-order valence-corrected chi connectivity index (χ1v) is 5.65. The Morgan fingerprint density at radius 1 is 1.41 bits per heavy atom. The van der Waals surface area contributed by atoms with Crippen LogP contribution in [-0.2, 0) is 0 Å². The summed E-state index contributed by atoms with van der Waals surface area (Å²) >= 11 is 0. The number of nitrogens with zero attached hydrogens (tertiary/aromatic N) is 1. The van der Waals surface area contributed by atoms with E-state index in [9.17, 15) is 5.11 Å². The van der Waals surface area contributed by atoms with Crippen LogP contribution in [0.25, 0.3) is 5.57 Å². The first kappa shape index (κ1) is 16.0. The van der Waals surface area contributed by atoms with Crippen LogP contribution in [0.1, 0.15) is 19.4 Å². The average Bonchev–Trinajstić information content (AvgIpc) is 2.17. The van der Waals surface area contributed by atoms with Crippen LogP contribution in [0.3, 0.4) is 0 Å². The smallest absolute Gasteiger partial charge is 0.116 e. The molecule has 2 nitrogen and oxygen atoms in total. The maximum atomic E-state index is 9.48. The van der Waals surface area contributed by atoms with E-state index in [0.29, 0.717) is 11.7 Å². The molecule has 0 saturated heterocycles. The third kappa shape index (κ3) is 4.80. The molecule has 0 amide bonds. The van der Waals surface area contributed by atoms with Crippen LogP contribution in [0.2, 0.25) is 0 Å². The van der Waals surface area contributed by atoms with Crippen molar-refractivity contribution >= 4 is 18.0 Å². The molecule has 1 rings (SSSR count). The lowest BCUT2D eigenvalue weighted by Gasteiger charge is -2.20. The lowest BCUT2D eigenvalue weighted by molar-refractivity contribution is 0.376. The summed E-state index contributed by atoms with van der Waals surface area (Å²) in [6.07, 6.45) is 2.13. The van der Waals surface area contributed by atoms with Gasteiger partial charge in [0, 0.05) is 6.54 Å². The Bertz CT molecular complexity index is 374. The number of benzene rings is 1. The molecule has 0 heterocycles. The Kier molecular flexibility index (Phi) is 6.93. The van der Waals surface area contributed by atoms with E-state index in [1.54, 1.807) is 6.07 Å². The summed E-state index contributed by atoms with van der Waals surface area (Å²) in [6.45, 7) is 5.26. The van der Waals surface area contributed by atoms with Gasteiger partial charge in [0.1, 0.15) is 5.75 Å². The number of allylic oxidation sites excluding steroid dienone is 1. The molecule has 0 radical (unpaired) electrons. The van der Waals surface area contributed by atoms with Crippen LogP contribution < -0.4 is 0 Å². The molecule has 0 aliphatic rings. The van der Waals surface area contributed by atoms with Crippen molar-refractivity contribution in [3.05, 3.63) is 35.9 Å². The van der Waals surface area contributed by atoms with Crippen molar-refractivity contribution in [1.29, 1.82) is 0 Å². The minimum absolute atomic E-state index is 0. The SMILES string of the molecule is C/C=C(\c1cccc(O)c1)C(C)CN(C)C.Cl. The summed E-state index contributed by atoms with van der Waals surface area (Å²) in [6, 6.07) is 7.45. The van der Waals surface area contributed by atoms with Gasteiger partial charge in [-0.25, -0.2) is 0 Å². The van der Waals surface area contributed by atoms with Crippen molar-refractivity contribution in [2.24, 2.45) is 5.92 Å². The first-order chi connectivity index (χ1) is 7.54. The maximum Gasteiger partial charge on any atom is 0.116 e. The Morgan fingerprint density at radius 3 is 2.53 bits per heavy atom. The standard InChI is InChI=1S/C14H21NO.ClH/c1-5-14(11(2)10-15(3)4)12-7-6-8-13(16)9-12;/h5-9,11,16H,10H2,1-4H3;1H/b14-5-;. The molecular weight excluding hydrogens is 234 g/mol. The lowest BCUT2D eigenvalue weighted by atomic mass is 9.93. The van der Waals surface area contributed by atoms with Gasteiger partial charge in [-0.05, 0) is 50.2 Å². The number of halogens is 1. The summed E-state index contributed by atoms with van der Waals surface area (Å²) in [7, 11) is 4.15. The van der Waals surface area contributed by atoms with E-state index >= 15 is 0 Å². The van der Waals surface area contributed by atoms with E-state index in [-0.39, 0.29) is 12.4 Å². The highest BCUT2D eigenvalue weighted by atomic mass is 35.5. The van der Waals surface area contributed by atoms with Gasteiger partial charge in [0.05, 0.1) is 0 Å². The molecule has 3 heteroatoms. The van der Waals surface area contributed by atoms with Gasteiger partial charge in [0.25, 0.3) is 0 Å². The van der Waals surface area contributed by atoms with Crippen molar-refractivity contribution < 1.29 is 5.11 Å². The quantitative estimate of drug-likeness (QED) is 0.891. The van der Waals surface area contributed by atoms with Crippen LogP contribution in [0.15, 0.2) is 30.3 Å². The van der Waals surface area contributed by atoms with Crippen molar-refractivity contribution in [2.75, 3.05) is 20.6 Å². The van der Waals surface area contributed by atoms with Crippen molar-refractivity contribution in [2.45, 2.75) is 13.8 Å². The van der Waals surface area contributed by atoms with E-state index in [1.165, 1.54) is 5.57 Å². The fourth-order valence-corrected chi connectivity index (χ4v) is 2.07. The Hall–Kier alpha value is -0.990. The molecule has 1 unspecified atom stereocenters. The number of hydrogen-bond acceptors (Lipinski definition) is 2. The highest BCUT2D eigenvalue weighted by Gasteiger charge is 2.11. The number of rotatable bonds is 4. The van der Waals surface area contributed by atoms with Gasteiger partial charge >= 0.3 is 0 Å². The molecule has 96 valence electrons. The van der Waals surface area contributed by atoms with Crippen molar-refractivity contribution in [3.8, 4) is 5.75 Å². The normalized spacial score (nSPS) is 13.4. The van der Waals surface area contributed by atoms with Crippen molar-refractivity contribution in [1.82, 2.24) is 4.90 Å². The largest absolute Gasteiger partial charge is 0.508 e. The molecule has 0 bridgehead atoms. The van der Waals surface area contributed by atoms with E-state index in [2.05, 4.69) is 32.0 Å². The van der Waals surface area contributed by atoms with Gasteiger partial charge in [-0.15, -0.1) is 12.4 Å². The van der Waals surface area contributed by atoms with Crippen molar-refractivity contribution in [3.63, 3.8) is 0 Å². The molecule has 1 atom stereocenters. The summed E-state index contributed by atoms with van der Waals surface area (Å²) in [5, 5.41) is 9.48. The summed E-state index contributed by atoms with van der Waals surface area (Å²) in [5.41, 5.74) is 2.39. The van der Waals surface area contributed by atoms with Crippen LogP contribution in [-0.4, -0.2) is 30.6 Å². The highest BCUT2D eigenvalue weighted by Crippen LogP contribution is 2.26. The van der Waals surface area contributed by atoms with Crippen LogP contribution in [0.5, 0.6) is 5.75 Å². The second-order valence-electron chi connectivity index (χ2n) is 4.46. The monoisotopic (exact) mass is 255 g/mol. The molecule has 1 aromatic carbocycles. The van der Waals surface area contributed by atoms with E-state index in [1.807, 2.05) is 25.1 Å². The minimum atomic E-state index is 0. The summed E-state index contributed by atoms with van der Waals surface area (Å²) in [4.78, 5) is 2.18. The van der Waals surface area contributed by atoms with Gasteiger partial charge in [-0.1, -0.05) is 25.1 Å². The number of aromatic hydroxyl groups is 1. The highest BCUT2D eigenvalue weighted by molar-refractivity contribution is 5.85. The van der Waals surface area contributed by atoms with Gasteiger partial charge in [-0.3, -0.25) is 0 Å². The molecule has 0 aliphatic carbocycles. The fraction of sp³-hybridized carbons (Fsp3) is 0.429. The van der Waals surface area contributed by atoms with E-state index in [0.717, 1.165) is 12.1 Å². The van der Waals surface area contributed by atoms with Crippen LogP contribution in [0.4, 0.5) is 0 Å². The van der Waals surface area contributed by atoms with E-state index in [4.69, 9.17) is 0 Å². The second-order valence-corrected chi connectivity index (χ2v) is 4.46. The summed E-state index contributed by atoms with van der Waals surface area (Å²) < 4.78 is 0. The molecule has 0 fully saturated rings. The molecule has 0 aromatic heterocycles. The summed E-state index contributed by atoms with van der Waals surface area (Å²) in [5.74, 6) is 0.788. The molecule has 0 saturated carbocycles.